The van der Waals surface area contributed by atoms with Gasteiger partial charge < -0.3 is 36.0 Å². The summed E-state index contributed by atoms with van der Waals surface area (Å²) in [5.41, 5.74) is 0.427. The number of sulfonamides is 1. The summed E-state index contributed by atoms with van der Waals surface area (Å²) in [5.74, 6) is -4.06. The highest BCUT2D eigenvalue weighted by Gasteiger charge is 2.46. The normalized spacial score (nSPS) is 22.8. The molecule has 16 nitrogen and oxygen atoms in total. The zero-order chi connectivity index (χ0) is 44.3. The van der Waals surface area contributed by atoms with Gasteiger partial charge >= 0.3 is 5.97 Å². The molecule has 2 aliphatic heterocycles. The highest BCUT2D eigenvalue weighted by molar-refractivity contribution is 7.89. The maximum absolute atomic E-state index is 14.6. The van der Waals surface area contributed by atoms with Crippen molar-refractivity contribution in [3.8, 4) is 0 Å². The summed E-state index contributed by atoms with van der Waals surface area (Å²) in [6, 6.07) is 9.66. The Kier molecular flexibility index (Phi) is 16.5. The lowest BCUT2D eigenvalue weighted by molar-refractivity contribution is -0.158. The molecule has 2 heterocycles. The maximum atomic E-state index is 14.6. The van der Waals surface area contributed by atoms with Crippen molar-refractivity contribution in [1.82, 2.24) is 30.9 Å². The van der Waals surface area contributed by atoms with Crippen LogP contribution < -0.4 is 26.0 Å². The number of nitrogens with one attached hydrogen (secondary N) is 5. The molecule has 17 heteroatoms. The zero-order valence-corrected chi connectivity index (χ0v) is 36.4. The van der Waals surface area contributed by atoms with Crippen molar-refractivity contribution in [2.45, 2.75) is 152 Å². The number of aryl methyl sites for hydroxylation is 1. The van der Waals surface area contributed by atoms with E-state index in [2.05, 4.69) is 26.0 Å². The van der Waals surface area contributed by atoms with E-state index in [1.807, 2.05) is 6.07 Å². The van der Waals surface area contributed by atoms with Gasteiger partial charge in [-0.2, -0.15) is 0 Å². The summed E-state index contributed by atoms with van der Waals surface area (Å²) in [5, 5.41) is 22.0. The lowest BCUT2D eigenvalue weighted by Gasteiger charge is -2.35. The summed E-state index contributed by atoms with van der Waals surface area (Å²) in [4.78, 5) is 83.1. The van der Waals surface area contributed by atoms with Crippen LogP contribution in [0.3, 0.4) is 0 Å². The van der Waals surface area contributed by atoms with E-state index in [9.17, 15) is 42.3 Å². The first kappa shape index (κ1) is 47.2. The summed E-state index contributed by atoms with van der Waals surface area (Å²) in [6.45, 7) is 6.11. The molecule has 0 radical (unpaired) electrons. The van der Waals surface area contributed by atoms with E-state index in [-0.39, 0.29) is 42.5 Å². The van der Waals surface area contributed by atoms with Crippen LogP contribution in [0.2, 0.25) is 0 Å². The average Bonchev–Trinajstić information content (AvgIpc) is 3.65. The minimum absolute atomic E-state index is 0.0481. The minimum atomic E-state index is -4.08. The van der Waals surface area contributed by atoms with Crippen molar-refractivity contribution in [3.63, 3.8) is 0 Å². The summed E-state index contributed by atoms with van der Waals surface area (Å²) >= 11 is 0. The second kappa shape index (κ2) is 21.3. The molecule has 61 heavy (non-hydrogen) atoms. The molecule has 3 aliphatic rings. The number of carbonyl (C=O) groups is 6. The highest BCUT2D eigenvalue weighted by Crippen LogP contribution is 2.30. The van der Waals surface area contributed by atoms with Gasteiger partial charge in [-0.25, -0.2) is 17.9 Å². The molecule has 6 atom stereocenters. The summed E-state index contributed by atoms with van der Waals surface area (Å²) < 4.78 is 35.6. The van der Waals surface area contributed by atoms with Crippen molar-refractivity contribution in [3.05, 3.63) is 65.7 Å². The Bertz CT molecular complexity index is 1980. The minimum Gasteiger partial charge on any atom is -0.458 e. The van der Waals surface area contributed by atoms with Gasteiger partial charge in [-0.1, -0.05) is 75.1 Å². The molecule has 334 valence electrons. The first-order valence-corrected chi connectivity index (χ1v) is 23.0. The smallest absolute Gasteiger partial charge is 0.333 e. The van der Waals surface area contributed by atoms with Crippen molar-refractivity contribution in [1.29, 1.82) is 0 Å². The molecule has 4 bridgehead atoms. The predicted molar refractivity (Wildman–Crippen MR) is 226 cm³/mol. The lowest BCUT2D eigenvalue weighted by atomic mass is 9.83. The zero-order valence-electron chi connectivity index (χ0n) is 35.6. The van der Waals surface area contributed by atoms with E-state index in [0.717, 1.165) is 24.8 Å². The first-order valence-electron chi connectivity index (χ1n) is 21.5. The van der Waals surface area contributed by atoms with Gasteiger partial charge in [-0.15, -0.1) is 0 Å². The Hall–Kier alpha value is -4.87. The van der Waals surface area contributed by atoms with Crippen LogP contribution >= 0.6 is 0 Å². The molecule has 1 saturated carbocycles. The Morgan fingerprint density at radius 1 is 0.934 bits per heavy atom. The van der Waals surface area contributed by atoms with Crippen LogP contribution in [0.5, 0.6) is 0 Å². The molecular weight excluding hydrogens is 805 g/mol. The van der Waals surface area contributed by atoms with Gasteiger partial charge in [-0.05, 0) is 94.9 Å². The van der Waals surface area contributed by atoms with E-state index >= 15 is 0 Å². The fourth-order valence-electron chi connectivity index (χ4n) is 8.31. The molecular formula is C44H62N6O10S. The number of hydrogen-bond acceptors (Lipinski definition) is 10. The number of ether oxygens (including phenoxy) is 1. The highest BCUT2D eigenvalue weighted by atomic mass is 32.2. The number of esters is 1. The van der Waals surface area contributed by atoms with Gasteiger partial charge in [-0.3, -0.25) is 24.0 Å². The number of hydrogen-bond donors (Lipinski definition) is 6. The third-order valence-electron chi connectivity index (χ3n) is 11.3. The number of carbonyl (C=O) groups excluding carboxylic acids is 6. The van der Waals surface area contributed by atoms with Gasteiger partial charge in [0.05, 0.1) is 17.5 Å². The fraction of sp³-hybridized carbons (Fsp3) is 0.591. The lowest BCUT2D eigenvalue weighted by Crippen LogP contribution is -2.58. The van der Waals surface area contributed by atoms with E-state index in [1.165, 1.54) is 11.0 Å². The molecule has 1 aliphatic carbocycles. The van der Waals surface area contributed by atoms with Crippen molar-refractivity contribution in [2.75, 3.05) is 13.1 Å². The molecule has 6 N–H and O–H groups in total. The van der Waals surface area contributed by atoms with E-state index in [0.29, 0.717) is 44.1 Å². The molecule has 1 saturated heterocycles. The van der Waals surface area contributed by atoms with Gasteiger partial charge in [0.15, 0.2) is 12.1 Å². The standard InChI is InChI=1S/C44H62N6O10S/c1-5-15-33(39(53)41(55)45-26-36(52)48-38(30-20-10-7-11-21-30)43(57)60-44(2,3)4)46-40(54)34-25-31-27-50(34)42(56)37(29-18-8-6-9-19-29)47-35(51)23-13-12-16-28-17-14-22-32(24-28)61(58,59)49-31/h7,10-11,14,17,20-22,24,29,31,33-34,37-39,49,53H,5-6,8-9,12-13,15-16,18-19,23,25-27H2,1-4H3,(H,45,55)(H,46,54)(H,47,51)(H,48,52)/t31-,33?,34?,37?,38+,39?/m1/s1. The Labute approximate surface area is 358 Å². The Balaban J connectivity index is 1.33. The fourth-order valence-corrected chi connectivity index (χ4v) is 9.62. The molecule has 0 aromatic heterocycles. The van der Waals surface area contributed by atoms with Gasteiger partial charge in [0.25, 0.3) is 5.91 Å². The first-order chi connectivity index (χ1) is 29.0. The number of aliphatic hydroxyl groups is 1. The number of benzene rings is 2. The second-order valence-corrected chi connectivity index (χ2v) is 19.1. The second-order valence-electron chi connectivity index (χ2n) is 17.4. The van der Waals surface area contributed by atoms with Crippen LogP contribution in [0, 0.1) is 5.92 Å². The number of fused-ring (bicyclic) bond motifs is 4. The number of amides is 5. The molecule has 2 aromatic carbocycles. The number of aliphatic hydroxyl groups excluding tert-OH is 1. The molecule has 4 unspecified atom stereocenters. The van der Waals surface area contributed by atoms with Gasteiger partial charge in [0.2, 0.25) is 33.7 Å². The molecule has 2 fully saturated rings. The van der Waals surface area contributed by atoms with Crippen LogP contribution in [0.25, 0.3) is 0 Å². The van der Waals surface area contributed by atoms with E-state index < -0.39 is 88.1 Å². The number of rotatable bonds is 12. The van der Waals surface area contributed by atoms with Crippen LogP contribution in [0.1, 0.15) is 115 Å². The largest absolute Gasteiger partial charge is 0.458 e. The Morgan fingerprint density at radius 2 is 1.64 bits per heavy atom. The van der Waals surface area contributed by atoms with Crippen molar-refractivity contribution >= 4 is 45.5 Å². The van der Waals surface area contributed by atoms with Crippen LogP contribution in [-0.2, 0) is 49.9 Å². The van der Waals surface area contributed by atoms with Crippen LogP contribution in [-0.4, -0.2) is 103 Å². The molecule has 2 aromatic rings. The van der Waals surface area contributed by atoms with Crippen LogP contribution in [0.15, 0.2) is 59.5 Å². The van der Waals surface area contributed by atoms with E-state index in [1.54, 1.807) is 70.2 Å². The molecule has 5 rings (SSSR count). The van der Waals surface area contributed by atoms with E-state index in [4.69, 9.17) is 4.74 Å². The topological polar surface area (TPSA) is 229 Å². The van der Waals surface area contributed by atoms with Crippen molar-refractivity contribution < 1.29 is 47.0 Å². The monoisotopic (exact) mass is 866 g/mol. The number of nitrogens with zero attached hydrogens (tertiary/aromatic N) is 1. The molecule has 5 amide bonds. The third-order valence-corrected chi connectivity index (χ3v) is 12.8. The predicted octanol–water partition coefficient (Wildman–Crippen LogP) is 2.69. The Morgan fingerprint density at radius 3 is 2.33 bits per heavy atom. The van der Waals surface area contributed by atoms with Crippen molar-refractivity contribution in [2.24, 2.45) is 5.92 Å². The van der Waals surface area contributed by atoms with Gasteiger partial charge in [0.1, 0.15) is 17.7 Å². The quantitative estimate of drug-likeness (QED) is 0.171. The maximum Gasteiger partial charge on any atom is 0.333 e. The average molecular weight is 867 g/mol. The third kappa shape index (κ3) is 13.3. The SMILES string of the molecule is CCCC(NC(=O)C1C[C@@H]2CN1C(=O)C(C1CCCCC1)NC(=O)CCCCc1cccc(c1)S(=O)(=O)N2)C(O)C(=O)NCC(=O)N[C@H](C(=O)OC(C)(C)C)c1ccccc1. The molecule has 0 spiro atoms. The van der Waals surface area contributed by atoms with Gasteiger partial charge in [0, 0.05) is 19.0 Å². The summed E-state index contributed by atoms with van der Waals surface area (Å²) in [6.07, 6.45) is 4.72. The van der Waals surface area contributed by atoms with Crippen LogP contribution in [0.4, 0.5) is 0 Å². The summed E-state index contributed by atoms with van der Waals surface area (Å²) in [7, 11) is -4.08.